The van der Waals surface area contributed by atoms with Crippen LogP contribution in [0.4, 0.5) is 0 Å². The van der Waals surface area contributed by atoms with Crippen LogP contribution in [0.3, 0.4) is 0 Å². The van der Waals surface area contributed by atoms with E-state index >= 15 is 0 Å². The highest BCUT2D eigenvalue weighted by molar-refractivity contribution is 4.48. The van der Waals surface area contributed by atoms with Gasteiger partial charge in [0, 0.05) is 79.3 Å². The second-order valence-corrected chi connectivity index (χ2v) is 10.0. The predicted octanol–water partition coefficient (Wildman–Crippen LogP) is 7.12. The quantitative estimate of drug-likeness (QED) is 0.342. The van der Waals surface area contributed by atoms with E-state index in [-0.39, 0.29) is 0 Å². The number of rotatable bonds is 0. The Labute approximate surface area is 223 Å². The lowest BCUT2D eigenvalue weighted by molar-refractivity contribution is 0.0972. The molecular weight excluding hydrogens is 456 g/mol. The third-order valence-corrected chi connectivity index (χ3v) is 6.46. The van der Waals surface area contributed by atoms with Gasteiger partial charge in [-0.1, -0.05) is 0 Å². The molecule has 6 nitrogen and oxygen atoms in total. The molecule has 1 heterocycles. The second-order valence-electron chi connectivity index (χ2n) is 10.0. The predicted molar refractivity (Wildman–Crippen MR) is 148 cm³/mol. The van der Waals surface area contributed by atoms with Crippen LogP contribution in [0.25, 0.3) is 0 Å². The summed E-state index contributed by atoms with van der Waals surface area (Å²) >= 11 is 0. The summed E-state index contributed by atoms with van der Waals surface area (Å²) in [7, 11) is 0. The van der Waals surface area contributed by atoms with E-state index in [2.05, 4.69) is 0 Å². The number of ether oxygens (including phenoxy) is 6. The highest BCUT2D eigenvalue weighted by atomic mass is 16.5. The van der Waals surface area contributed by atoms with Crippen LogP contribution in [-0.2, 0) is 28.4 Å². The van der Waals surface area contributed by atoms with Crippen LogP contribution in [0, 0.1) is 0 Å². The smallest absolute Gasteiger partial charge is 0.0466 e. The molecule has 1 rings (SSSR count). The summed E-state index contributed by atoms with van der Waals surface area (Å²) in [5.74, 6) is 0. The maximum absolute atomic E-state index is 5.76. The van der Waals surface area contributed by atoms with Crippen LogP contribution < -0.4 is 0 Å². The lowest BCUT2D eigenvalue weighted by atomic mass is 10.2. The van der Waals surface area contributed by atoms with Gasteiger partial charge < -0.3 is 28.4 Å². The zero-order valence-corrected chi connectivity index (χ0v) is 23.7. The van der Waals surface area contributed by atoms with Crippen molar-refractivity contribution in [3.63, 3.8) is 0 Å². The Bertz CT molecular complexity index is 210. The van der Waals surface area contributed by atoms with Crippen molar-refractivity contribution in [3.8, 4) is 0 Å². The Morgan fingerprint density at radius 1 is 0.139 bits per heavy atom. The van der Waals surface area contributed by atoms with Gasteiger partial charge in [0.2, 0.25) is 0 Å². The molecule has 216 valence electrons. The molecule has 1 saturated heterocycles. The van der Waals surface area contributed by atoms with Crippen molar-refractivity contribution >= 4 is 0 Å². The van der Waals surface area contributed by atoms with Crippen LogP contribution in [-0.4, -0.2) is 79.3 Å². The normalized spacial score (nSPS) is 24.0. The number of hydrogen-bond donors (Lipinski definition) is 0. The Morgan fingerprint density at radius 2 is 0.250 bits per heavy atom. The molecule has 0 amide bonds. The molecular formula is C30H60O6. The topological polar surface area (TPSA) is 55.4 Å². The van der Waals surface area contributed by atoms with Gasteiger partial charge in [-0.25, -0.2) is 0 Å². The number of hydrogen-bond acceptors (Lipinski definition) is 6. The van der Waals surface area contributed by atoms with Crippen LogP contribution >= 0.6 is 0 Å². The first-order valence-electron chi connectivity index (χ1n) is 15.5. The third-order valence-electron chi connectivity index (χ3n) is 6.46. The molecule has 1 aliphatic heterocycles. The van der Waals surface area contributed by atoms with Crippen molar-refractivity contribution in [1.29, 1.82) is 0 Å². The summed E-state index contributed by atoms with van der Waals surface area (Å²) in [5.41, 5.74) is 0. The van der Waals surface area contributed by atoms with Gasteiger partial charge >= 0.3 is 0 Å². The van der Waals surface area contributed by atoms with E-state index < -0.39 is 0 Å². The van der Waals surface area contributed by atoms with E-state index in [1.807, 2.05) is 0 Å². The Kier molecular flexibility index (Phi) is 29.1. The Morgan fingerprint density at radius 3 is 0.361 bits per heavy atom. The van der Waals surface area contributed by atoms with Crippen molar-refractivity contribution in [2.75, 3.05) is 79.3 Å². The minimum Gasteiger partial charge on any atom is -0.381 e. The SMILES string of the molecule is C1CCOCCCCCOCCCCCOCCCCCOCCCCCOCCCCCOCC1. The van der Waals surface area contributed by atoms with E-state index in [1.54, 1.807) is 0 Å². The molecule has 1 fully saturated rings. The molecule has 0 aliphatic carbocycles. The van der Waals surface area contributed by atoms with Crippen LogP contribution in [0.5, 0.6) is 0 Å². The van der Waals surface area contributed by atoms with E-state index in [1.165, 1.54) is 38.5 Å². The largest absolute Gasteiger partial charge is 0.381 e. The lowest BCUT2D eigenvalue weighted by Crippen LogP contribution is -2.03. The molecule has 6 heteroatoms. The van der Waals surface area contributed by atoms with Gasteiger partial charge in [0.25, 0.3) is 0 Å². The Balaban J connectivity index is 2.00. The fourth-order valence-electron chi connectivity index (χ4n) is 4.12. The first kappa shape index (κ1) is 33.8. The van der Waals surface area contributed by atoms with Gasteiger partial charge in [0.15, 0.2) is 0 Å². The molecule has 1 aliphatic rings. The molecule has 0 atom stereocenters. The summed E-state index contributed by atoms with van der Waals surface area (Å²) < 4.78 is 34.5. The zero-order valence-electron chi connectivity index (χ0n) is 23.7. The average Bonchev–Trinajstić information content (AvgIpc) is 2.89. The fourth-order valence-corrected chi connectivity index (χ4v) is 4.12. The zero-order chi connectivity index (χ0) is 25.5. The van der Waals surface area contributed by atoms with Gasteiger partial charge in [-0.2, -0.15) is 0 Å². The first-order chi connectivity index (χ1) is 18.0. The second kappa shape index (κ2) is 31.0. The lowest BCUT2D eigenvalue weighted by Gasteiger charge is -2.08. The maximum Gasteiger partial charge on any atom is 0.0466 e. The van der Waals surface area contributed by atoms with Gasteiger partial charge in [0.1, 0.15) is 0 Å². The fraction of sp³-hybridized carbons (Fsp3) is 1.00. The summed E-state index contributed by atoms with van der Waals surface area (Å²) in [4.78, 5) is 0. The van der Waals surface area contributed by atoms with Crippen LogP contribution in [0.15, 0.2) is 0 Å². The first-order valence-corrected chi connectivity index (χ1v) is 15.5. The minimum atomic E-state index is 0.883. The van der Waals surface area contributed by atoms with Gasteiger partial charge in [-0.15, -0.1) is 0 Å². The summed E-state index contributed by atoms with van der Waals surface area (Å²) in [5, 5.41) is 0. The van der Waals surface area contributed by atoms with Crippen molar-refractivity contribution in [2.24, 2.45) is 0 Å². The highest BCUT2D eigenvalue weighted by Crippen LogP contribution is 2.04. The van der Waals surface area contributed by atoms with Crippen molar-refractivity contribution in [3.05, 3.63) is 0 Å². The van der Waals surface area contributed by atoms with Crippen LogP contribution in [0.2, 0.25) is 0 Å². The highest BCUT2D eigenvalue weighted by Gasteiger charge is 1.97. The maximum atomic E-state index is 5.76. The summed E-state index contributed by atoms with van der Waals surface area (Å²) in [6, 6.07) is 0. The molecule has 0 N–H and O–H groups in total. The van der Waals surface area contributed by atoms with Crippen molar-refractivity contribution in [1.82, 2.24) is 0 Å². The molecule has 0 unspecified atom stereocenters. The van der Waals surface area contributed by atoms with E-state index in [0.717, 1.165) is 156 Å². The summed E-state index contributed by atoms with van der Waals surface area (Å²) in [6.07, 6.45) is 20.9. The molecule has 0 spiro atoms. The molecule has 0 aromatic heterocycles. The molecule has 0 radical (unpaired) electrons. The van der Waals surface area contributed by atoms with E-state index in [9.17, 15) is 0 Å². The monoisotopic (exact) mass is 516 g/mol. The summed E-state index contributed by atoms with van der Waals surface area (Å²) in [6.45, 7) is 10.6. The molecule has 0 saturated carbocycles. The molecule has 0 aromatic rings. The van der Waals surface area contributed by atoms with Crippen LogP contribution in [0.1, 0.15) is 116 Å². The molecule has 0 aromatic carbocycles. The van der Waals surface area contributed by atoms with Crippen molar-refractivity contribution in [2.45, 2.75) is 116 Å². The van der Waals surface area contributed by atoms with E-state index in [4.69, 9.17) is 28.4 Å². The minimum absolute atomic E-state index is 0.883. The average molecular weight is 517 g/mol. The van der Waals surface area contributed by atoms with Crippen molar-refractivity contribution < 1.29 is 28.4 Å². The standard InChI is InChI=1S/C30H60O6/c1-7-19-31-21-9-2-11-23-33-25-13-4-15-27-35-29-17-6-18-30-36-28-16-5-14-26-34-24-12-3-10-22-32-20-8-1/h1-30H2. The van der Waals surface area contributed by atoms with E-state index in [0.29, 0.717) is 0 Å². The third kappa shape index (κ3) is 28.3. The van der Waals surface area contributed by atoms with Gasteiger partial charge in [0.05, 0.1) is 0 Å². The van der Waals surface area contributed by atoms with Gasteiger partial charge in [-0.05, 0) is 116 Å². The Hall–Kier alpha value is -0.240. The molecule has 36 heavy (non-hydrogen) atoms. The molecule has 0 bridgehead atoms. The van der Waals surface area contributed by atoms with Gasteiger partial charge in [-0.3, -0.25) is 0 Å².